The van der Waals surface area contributed by atoms with Gasteiger partial charge in [-0.3, -0.25) is 4.79 Å². The normalized spacial score (nSPS) is 11.6. The van der Waals surface area contributed by atoms with Crippen molar-refractivity contribution in [2.75, 3.05) is 13.7 Å². The summed E-state index contributed by atoms with van der Waals surface area (Å²) < 4.78 is 24.6. The van der Waals surface area contributed by atoms with Crippen LogP contribution in [0, 0.1) is 12.7 Å². The van der Waals surface area contributed by atoms with Gasteiger partial charge < -0.3 is 14.5 Å². The Kier molecular flexibility index (Phi) is 7.03. The van der Waals surface area contributed by atoms with Crippen molar-refractivity contribution in [3.05, 3.63) is 94.5 Å². The van der Waals surface area contributed by atoms with E-state index in [0.717, 1.165) is 44.4 Å². The molecule has 0 atom stereocenters. The minimum absolute atomic E-state index is 0.204. The van der Waals surface area contributed by atoms with E-state index in [1.165, 1.54) is 12.1 Å². The molecule has 0 radical (unpaired) electrons. The second-order valence-electron chi connectivity index (χ2n) is 8.11. The maximum atomic E-state index is 13.0. The molecule has 174 valence electrons. The van der Waals surface area contributed by atoms with Gasteiger partial charge in [-0.15, -0.1) is 0 Å². The fourth-order valence-electron chi connectivity index (χ4n) is 4.03. The molecule has 0 saturated carbocycles. The molecule has 4 nitrogen and oxygen atoms in total. The van der Waals surface area contributed by atoms with Gasteiger partial charge in [-0.1, -0.05) is 35.9 Å². The molecule has 0 saturated heterocycles. The van der Waals surface area contributed by atoms with Crippen LogP contribution in [0.3, 0.4) is 0 Å². The van der Waals surface area contributed by atoms with Crippen molar-refractivity contribution in [3.63, 3.8) is 0 Å². The van der Waals surface area contributed by atoms with E-state index < -0.39 is 0 Å². The summed E-state index contributed by atoms with van der Waals surface area (Å²) in [6, 6.07) is 15.8. The number of amides is 1. The topological polar surface area (TPSA) is 51.5 Å². The summed E-state index contributed by atoms with van der Waals surface area (Å²) in [5.74, 6) is 0.186. The Labute approximate surface area is 203 Å². The van der Waals surface area contributed by atoms with Gasteiger partial charge >= 0.3 is 0 Å². The van der Waals surface area contributed by atoms with Crippen LogP contribution in [0.15, 0.2) is 71.4 Å². The Morgan fingerprint density at radius 1 is 1.15 bits per heavy atom. The highest BCUT2D eigenvalue weighted by Crippen LogP contribution is 2.40. The maximum Gasteiger partial charge on any atom is 0.244 e. The van der Waals surface area contributed by atoms with Crippen LogP contribution in [0.5, 0.6) is 5.75 Å². The van der Waals surface area contributed by atoms with Crippen LogP contribution in [0.25, 0.3) is 27.7 Å². The van der Waals surface area contributed by atoms with E-state index in [-0.39, 0.29) is 11.7 Å². The first-order chi connectivity index (χ1) is 16.4. The van der Waals surface area contributed by atoms with Gasteiger partial charge in [0.05, 0.1) is 13.4 Å². The number of rotatable bonds is 7. The van der Waals surface area contributed by atoms with Gasteiger partial charge in [-0.25, -0.2) is 4.39 Å². The van der Waals surface area contributed by atoms with E-state index in [9.17, 15) is 9.18 Å². The fraction of sp³-hybridized carbons (Fsp3) is 0.179. The van der Waals surface area contributed by atoms with Crippen molar-refractivity contribution in [1.29, 1.82) is 0 Å². The number of carbonyl (C=O) groups is 1. The standard InChI is InChI=1S/C28H25ClFNO3/c1-17(14-26(32)31-13-12-19-4-10-22(30)11-5-19)23-15-24-25(20-6-8-21(29)9-7-20)16-34-28(24)18(2)27(23)33-3/h4-11,14-16H,12-13H2,1-3H3,(H,31,32)/b17-14+. The molecule has 4 rings (SSSR count). The molecule has 0 aliphatic heterocycles. The number of furan rings is 1. The first-order valence-electron chi connectivity index (χ1n) is 10.9. The molecule has 1 N–H and O–H groups in total. The van der Waals surface area contributed by atoms with Crippen molar-refractivity contribution in [3.8, 4) is 16.9 Å². The molecule has 1 heterocycles. The molecule has 0 spiro atoms. The second kappa shape index (κ2) is 10.1. The van der Waals surface area contributed by atoms with Crippen LogP contribution in [0.4, 0.5) is 4.39 Å². The van der Waals surface area contributed by atoms with Crippen LogP contribution in [-0.2, 0) is 11.2 Å². The van der Waals surface area contributed by atoms with Crippen molar-refractivity contribution in [2.24, 2.45) is 0 Å². The maximum absolute atomic E-state index is 13.0. The van der Waals surface area contributed by atoms with E-state index in [2.05, 4.69) is 5.32 Å². The third-order valence-corrected chi connectivity index (χ3v) is 6.05. The smallest absolute Gasteiger partial charge is 0.244 e. The lowest BCUT2D eigenvalue weighted by Gasteiger charge is -2.13. The molecule has 0 aliphatic rings. The Balaban J connectivity index is 1.60. The third kappa shape index (κ3) is 5.00. The van der Waals surface area contributed by atoms with Gasteiger partial charge in [-0.05, 0) is 67.3 Å². The molecule has 0 aliphatic carbocycles. The number of fused-ring (bicyclic) bond motifs is 1. The summed E-state index contributed by atoms with van der Waals surface area (Å²) >= 11 is 6.05. The quantitative estimate of drug-likeness (QED) is 0.292. The zero-order chi connectivity index (χ0) is 24.2. The van der Waals surface area contributed by atoms with Gasteiger partial charge in [0.2, 0.25) is 5.91 Å². The summed E-state index contributed by atoms with van der Waals surface area (Å²) in [6.45, 7) is 4.27. The highest BCUT2D eigenvalue weighted by atomic mass is 35.5. The first kappa shape index (κ1) is 23.6. The third-order valence-electron chi connectivity index (χ3n) is 5.80. The molecule has 0 unspecified atom stereocenters. The SMILES string of the molecule is COc1c(/C(C)=C/C(=O)NCCc2ccc(F)cc2)cc2c(-c3ccc(Cl)cc3)coc2c1C. The zero-order valence-electron chi connectivity index (χ0n) is 19.2. The van der Waals surface area contributed by atoms with Gasteiger partial charge in [-0.2, -0.15) is 0 Å². The predicted octanol–water partition coefficient (Wildman–Crippen LogP) is 6.97. The largest absolute Gasteiger partial charge is 0.496 e. The fourth-order valence-corrected chi connectivity index (χ4v) is 4.16. The molecule has 34 heavy (non-hydrogen) atoms. The summed E-state index contributed by atoms with van der Waals surface area (Å²) in [6.07, 6.45) is 3.91. The number of carbonyl (C=O) groups excluding carboxylic acids is 1. The number of hydrogen-bond donors (Lipinski definition) is 1. The Morgan fingerprint density at radius 2 is 1.85 bits per heavy atom. The predicted molar refractivity (Wildman–Crippen MR) is 135 cm³/mol. The van der Waals surface area contributed by atoms with E-state index >= 15 is 0 Å². The van der Waals surface area contributed by atoms with Crippen molar-refractivity contribution >= 4 is 34.1 Å². The number of allylic oxidation sites excluding steroid dienone is 1. The van der Waals surface area contributed by atoms with Crippen LogP contribution >= 0.6 is 11.6 Å². The van der Waals surface area contributed by atoms with E-state index in [4.69, 9.17) is 20.8 Å². The van der Waals surface area contributed by atoms with E-state index in [0.29, 0.717) is 23.7 Å². The second-order valence-corrected chi connectivity index (χ2v) is 8.55. The molecular weight excluding hydrogens is 453 g/mol. The minimum atomic E-state index is -0.274. The molecule has 4 aromatic rings. The average molecular weight is 478 g/mol. The average Bonchev–Trinajstić information content (AvgIpc) is 3.25. The minimum Gasteiger partial charge on any atom is -0.496 e. The Hall–Kier alpha value is -3.57. The summed E-state index contributed by atoms with van der Waals surface area (Å²) in [5, 5.41) is 4.49. The number of halogens is 2. The summed E-state index contributed by atoms with van der Waals surface area (Å²) in [5.41, 5.74) is 6.07. The van der Waals surface area contributed by atoms with Gasteiger partial charge in [0.1, 0.15) is 17.1 Å². The number of ether oxygens (including phenoxy) is 1. The van der Waals surface area contributed by atoms with Crippen LogP contribution < -0.4 is 10.1 Å². The number of aryl methyl sites for hydroxylation is 1. The summed E-state index contributed by atoms with van der Waals surface area (Å²) in [4.78, 5) is 12.6. The number of hydrogen-bond acceptors (Lipinski definition) is 3. The monoisotopic (exact) mass is 477 g/mol. The Bertz CT molecular complexity index is 1360. The highest BCUT2D eigenvalue weighted by Gasteiger charge is 2.18. The lowest BCUT2D eigenvalue weighted by atomic mass is 9.96. The number of methoxy groups -OCH3 is 1. The van der Waals surface area contributed by atoms with E-state index in [1.54, 1.807) is 31.6 Å². The Morgan fingerprint density at radius 3 is 2.53 bits per heavy atom. The van der Waals surface area contributed by atoms with Crippen LogP contribution in [0.2, 0.25) is 5.02 Å². The lowest BCUT2D eigenvalue weighted by molar-refractivity contribution is -0.116. The zero-order valence-corrected chi connectivity index (χ0v) is 20.0. The number of nitrogens with one attached hydrogen (secondary N) is 1. The molecule has 0 bridgehead atoms. The molecule has 6 heteroatoms. The van der Waals surface area contributed by atoms with Gasteiger partial charge in [0.25, 0.3) is 0 Å². The molecule has 1 aromatic heterocycles. The van der Waals surface area contributed by atoms with Crippen molar-refractivity contribution in [1.82, 2.24) is 5.32 Å². The van der Waals surface area contributed by atoms with Gasteiger partial charge in [0, 0.05) is 39.7 Å². The molecule has 1 amide bonds. The number of benzene rings is 3. The van der Waals surface area contributed by atoms with Crippen LogP contribution in [-0.4, -0.2) is 19.6 Å². The van der Waals surface area contributed by atoms with Gasteiger partial charge in [0.15, 0.2) is 0 Å². The molecule has 0 fully saturated rings. The van der Waals surface area contributed by atoms with E-state index in [1.807, 2.05) is 44.2 Å². The molecular formula is C28H25ClFNO3. The molecule has 3 aromatic carbocycles. The summed E-state index contributed by atoms with van der Waals surface area (Å²) in [7, 11) is 1.61. The highest BCUT2D eigenvalue weighted by molar-refractivity contribution is 6.30. The lowest BCUT2D eigenvalue weighted by Crippen LogP contribution is -2.23. The first-order valence-corrected chi connectivity index (χ1v) is 11.3. The van der Waals surface area contributed by atoms with Crippen LogP contribution in [0.1, 0.15) is 23.6 Å². The van der Waals surface area contributed by atoms with Crippen molar-refractivity contribution < 1.29 is 18.3 Å². The van der Waals surface area contributed by atoms with Crippen molar-refractivity contribution in [2.45, 2.75) is 20.3 Å².